The summed E-state index contributed by atoms with van der Waals surface area (Å²) in [5.41, 5.74) is 0.119. The molecule has 1 unspecified atom stereocenters. The van der Waals surface area contributed by atoms with Crippen molar-refractivity contribution in [3.8, 4) is 5.75 Å². The van der Waals surface area contributed by atoms with Gasteiger partial charge in [-0.2, -0.15) is 4.31 Å². The molecule has 2 aromatic carbocycles. The number of esters is 1. The number of nitrogens with one attached hydrogen (secondary N) is 1. The van der Waals surface area contributed by atoms with Crippen LogP contribution in [-0.4, -0.2) is 50.4 Å². The number of rotatable bonds is 12. The smallest absolute Gasteiger partial charge is 0.306 e. The molecule has 2 aromatic rings. The average molecular weight is 497 g/mol. The predicted molar refractivity (Wildman–Crippen MR) is 127 cm³/mol. The Morgan fingerprint density at radius 1 is 1.09 bits per heavy atom. The number of hydrogen-bond acceptors (Lipinski definition) is 6. The van der Waals surface area contributed by atoms with Gasteiger partial charge in [0.1, 0.15) is 5.75 Å². The highest BCUT2D eigenvalue weighted by Gasteiger charge is 2.24. The van der Waals surface area contributed by atoms with E-state index in [0.29, 0.717) is 31.9 Å². The van der Waals surface area contributed by atoms with Crippen LogP contribution < -0.4 is 10.1 Å². The lowest BCUT2D eigenvalue weighted by molar-refractivity contribution is -0.153. The predicted octanol–water partition coefficient (Wildman–Crippen LogP) is 4.10. The van der Waals surface area contributed by atoms with E-state index in [1.54, 1.807) is 13.8 Å². The van der Waals surface area contributed by atoms with Crippen molar-refractivity contribution in [1.82, 2.24) is 4.31 Å². The Morgan fingerprint density at radius 3 is 2.39 bits per heavy atom. The van der Waals surface area contributed by atoms with Crippen molar-refractivity contribution in [3.63, 3.8) is 0 Å². The van der Waals surface area contributed by atoms with Crippen LogP contribution in [0.5, 0.6) is 5.75 Å². The summed E-state index contributed by atoms with van der Waals surface area (Å²) in [7, 11) is -3.72. The van der Waals surface area contributed by atoms with Crippen LogP contribution in [0.4, 0.5) is 5.69 Å². The minimum absolute atomic E-state index is 0.00830. The first kappa shape index (κ1) is 26.6. The molecule has 180 valence electrons. The van der Waals surface area contributed by atoms with Gasteiger partial charge in [0.05, 0.1) is 22.2 Å². The highest BCUT2D eigenvalue weighted by atomic mass is 35.5. The van der Waals surface area contributed by atoms with E-state index in [0.717, 1.165) is 0 Å². The first-order chi connectivity index (χ1) is 15.7. The van der Waals surface area contributed by atoms with Gasteiger partial charge >= 0.3 is 5.97 Å². The summed E-state index contributed by atoms with van der Waals surface area (Å²) in [4.78, 5) is 24.5. The number of carbonyl (C=O) groups excluding carboxylic acids is 2. The third-order valence-corrected chi connectivity index (χ3v) is 7.13. The number of anilines is 1. The molecule has 1 atom stereocenters. The minimum Gasteiger partial charge on any atom is -0.494 e. The number of hydrogen-bond donors (Lipinski definition) is 1. The molecule has 0 aliphatic heterocycles. The zero-order valence-electron chi connectivity index (χ0n) is 18.9. The van der Waals surface area contributed by atoms with Crippen LogP contribution in [0.2, 0.25) is 5.02 Å². The fourth-order valence-electron chi connectivity index (χ4n) is 2.94. The van der Waals surface area contributed by atoms with Gasteiger partial charge < -0.3 is 14.8 Å². The van der Waals surface area contributed by atoms with E-state index in [2.05, 4.69) is 5.32 Å². The Kier molecular flexibility index (Phi) is 10.1. The van der Waals surface area contributed by atoms with Gasteiger partial charge in [-0.1, -0.05) is 43.6 Å². The van der Waals surface area contributed by atoms with Gasteiger partial charge in [-0.3, -0.25) is 9.59 Å². The minimum atomic E-state index is -3.72. The average Bonchev–Trinajstić information content (AvgIpc) is 2.79. The third kappa shape index (κ3) is 7.73. The van der Waals surface area contributed by atoms with Crippen LogP contribution >= 0.6 is 11.6 Å². The monoisotopic (exact) mass is 496 g/mol. The Labute approximate surface area is 199 Å². The van der Waals surface area contributed by atoms with E-state index < -0.39 is 28.0 Å². The summed E-state index contributed by atoms with van der Waals surface area (Å²) in [5.74, 6) is -0.456. The number of halogens is 1. The number of sulfonamides is 1. The van der Waals surface area contributed by atoms with Gasteiger partial charge in [-0.25, -0.2) is 8.42 Å². The van der Waals surface area contributed by atoms with Crippen LogP contribution in [0.15, 0.2) is 53.4 Å². The zero-order chi connectivity index (χ0) is 24.4. The molecule has 33 heavy (non-hydrogen) atoms. The molecule has 0 aliphatic carbocycles. The third-order valence-electron chi connectivity index (χ3n) is 4.75. The first-order valence-corrected chi connectivity index (χ1v) is 12.5. The molecule has 1 N–H and O–H groups in total. The van der Waals surface area contributed by atoms with Crippen molar-refractivity contribution < 1.29 is 27.5 Å². The second-order valence-corrected chi connectivity index (χ2v) is 9.46. The summed E-state index contributed by atoms with van der Waals surface area (Å²) in [6.07, 6.45) is -0.575. The van der Waals surface area contributed by atoms with Gasteiger partial charge in [0.2, 0.25) is 10.0 Å². The number of carbonyl (C=O) groups is 2. The molecule has 1 amide bonds. The molecule has 0 heterocycles. The molecule has 0 spiro atoms. The van der Waals surface area contributed by atoms with Crippen LogP contribution in [-0.2, 0) is 24.3 Å². The topological polar surface area (TPSA) is 102 Å². The number of para-hydroxylation sites is 1. The zero-order valence-corrected chi connectivity index (χ0v) is 20.5. The molecular formula is C23H29ClN2O6S. The molecule has 0 saturated carbocycles. The molecule has 0 radical (unpaired) electrons. The Balaban J connectivity index is 1.91. The van der Waals surface area contributed by atoms with Gasteiger partial charge in [-0.15, -0.1) is 0 Å². The van der Waals surface area contributed by atoms with Crippen molar-refractivity contribution in [3.05, 3.63) is 53.6 Å². The molecule has 0 fully saturated rings. The summed E-state index contributed by atoms with van der Waals surface area (Å²) < 4.78 is 37.4. The van der Waals surface area contributed by atoms with Crippen molar-refractivity contribution in [2.75, 3.05) is 25.0 Å². The quantitative estimate of drug-likeness (QED) is 0.350. The Morgan fingerprint density at radius 2 is 1.76 bits per heavy atom. The Hall–Kier alpha value is -2.62. The van der Waals surface area contributed by atoms with Gasteiger partial charge in [0, 0.05) is 19.5 Å². The SMILES string of the molecule is CCN(CC)S(=O)(=O)c1ccc(Cl)c(NC(=O)C(C)OC(=O)CCCOc2ccccc2)c1. The number of nitrogens with zero attached hydrogens (tertiary/aromatic N) is 1. The van der Waals surface area contributed by atoms with E-state index in [-0.39, 0.29) is 22.0 Å². The second-order valence-electron chi connectivity index (χ2n) is 7.12. The van der Waals surface area contributed by atoms with E-state index in [1.165, 1.54) is 29.4 Å². The second kappa shape index (κ2) is 12.6. The summed E-state index contributed by atoms with van der Waals surface area (Å²) >= 11 is 6.14. The van der Waals surface area contributed by atoms with E-state index in [4.69, 9.17) is 21.1 Å². The number of benzene rings is 2. The van der Waals surface area contributed by atoms with Crippen molar-refractivity contribution in [2.24, 2.45) is 0 Å². The lowest BCUT2D eigenvalue weighted by atomic mass is 10.3. The van der Waals surface area contributed by atoms with E-state index in [9.17, 15) is 18.0 Å². The normalized spacial score (nSPS) is 12.3. The van der Waals surface area contributed by atoms with Gasteiger partial charge in [-0.05, 0) is 43.7 Å². The van der Waals surface area contributed by atoms with Crippen LogP contribution in [0.3, 0.4) is 0 Å². The largest absolute Gasteiger partial charge is 0.494 e. The molecular weight excluding hydrogens is 468 g/mol. The maximum absolute atomic E-state index is 12.7. The summed E-state index contributed by atoms with van der Waals surface area (Å²) in [5, 5.41) is 2.70. The molecule has 2 rings (SSSR count). The fraction of sp³-hybridized carbons (Fsp3) is 0.391. The first-order valence-electron chi connectivity index (χ1n) is 10.7. The van der Waals surface area contributed by atoms with Crippen molar-refractivity contribution >= 4 is 39.2 Å². The standard InChI is InChI=1S/C23H29ClN2O6S/c1-4-26(5-2)33(29,30)19-13-14-20(24)21(16-19)25-23(28)17(3)32-22(27)12-9-15-31-18-10-7-6-8-11-18/h6-8,10-11,13-14,16-17H,4-5,9,12,15H2,1-3H3,(H,25,28). The lowest BCUT2D eigenvalue weighted by Crippen LogP contribution is -2.31. The molecule has 0 saturated heterocycles. The maximum atomic E-state index is 12.7. The fourth-order valence-corrected chi connectivity index (χ4v) is 4.59. The molecule has 0 bridgehead atoms. The lowest BCUT2D eigenvalue weighted by Gasteiger charge is -2.19. The van der Waals surface area contributed by atoms with Crippen molar-refractivity contribution in [1.29, 1.82) is 0 Å². The van der Waals surface area contributed by atoms with E-state index >= 15 is 0 Å². The van der Waals surface area contributed by atoms with Crippen molar-refractivity contribution in [2.45, 2.75) is 44.6 Å². The highest BCUT2D eigenvalue weighted by Crippen LogP contribution is 2.27. The van der Waals surface area contributed by atoms with Gasteiger partial charge in [0.25, 0.3) is 5.91 Å². The van der Waals surface area contributed by atoms with Gasteiger partial charge in [0.15, 0.2) is 6.10 Å². The highest BCUT2D eigenvalue weighted by molar-refractivity contribution is 7.89. The molecule has 0 aliphatic rings. The Bertz CT molecular complexity index is 1040. The molecule has 10 heteroatoms. The summed E-state index contributed by atoms with van der Waals surface area (Å²) in [6, 6.07) is 13.3. The number of ether oxygens (including phenoxy) is 2. The van der Waals surface area contributed by atoms with Crippen LogP contribution in [0.25, 0.3) is 0 Å². The molecule has 8 nitrogen and oxygen atoms in total. The van der Waals surface area contributed by atoms with Crippen LogP contribution in [0, 0.1) is 0 Å². The molecule has 0 aromatic heterocycles. The van der Waals surface area contributed by atoms with Crippen LogP contribution in [0.1, 0.15) is 33.6 Å². The van der Waals surface area contributed by atoms with E-state index in [1.807, 2.05) is 30.3 Å². The maximum Gasteiger partial charge on any atom is 0.306 e. The summed E-state index contributed by atoms with van der Waals surface area (Å²) in [6.45, 7) is 5.87. The number of amides is 1.